The van der Waals surface area contributed by atoms with Gasteiger partial charge in [0.15, 0.2) is 11.6 Å². The normalized spacial score (nSPS) is 10.6. The minimum Gasteiger partial charge on any atom is -0.422 e. The summed E-state index contributed by atoms with van der Waals surface area (Å²) in [7, 11) is 0. The first-order valence-electron chi connectivity index (χ1n) is 9.18. The minimum absolute atomic E-state index is 0.124. The van der Waals surface area contributed by atoms with Crippen molar-refractivity contribution in [2.24, 2.45) is 10.2 Å². The molecule has 12 heteroatoms. The van der Waals surface area contributed by atoms with Crippen molar-refractivity contribution >= 4 is 23.1 Å². The highest BCUT2D eigenvalue weighted by atomic mass is 16.5. The van der Waals surface area contributed by atoms with Crippen LogP contribution in [-0.4, -0.2) is 35.6 Å². The molecule has 32 heavy (non-hydrogen) atoms. The van der Waals surface area contributed by atoms with Gasteiger partial charge in [-0.15, -0.1) is 10.2 Å². The van der Waals surface area contributed by atoms with E-state index in [9.17, 15) is 10.1 Å². The molecule has 0 radical (unpaired) electrons. The smallest absolute Gasteiger partial charge is 0.321 e. The number of amides is 1. The molecular weight excluding hydrogens is 412 g/mol. The lowest BCUT2D eigenvalue weighted by atomic mass is 10.2. The molecule has 4 rings (SSSR count). The lowest BCUT2D eigenvalue weighted by molar-refractivity contribution is -0.114. The largest absolute Gasteiger partial charge is 0.422 e. The Labute approximate surface area is 181 Å². The van der Waals surface area contributed by atoms with E-state index in [-0.39, 0.29) is 29.2 Å². The van der Waals surface area contributed by atoms with Crippen molar-refractivity contribution in [3.05, 3.63) is 66.9 Å². The van der Waals surface area contributed by atoms with Crippen LogP contribution < -0.4 is 10.1 Å². The van der Waals surface area contributed by atoms with Gasteiger partial charge in [-0.05, 0) is 30.3 Å². The molecule has 0 aliphatic heterocycles. The fourth-order valence-electron chi connectivity index (χ4n) is 2.56. The van der Waals surface area contributed by atoms with E-state index >= 15 is 0 Å². The summed E-state index contributed by atoms with van der Waals surface area (Å²) in [6, 6.07) is 10.2. The zero-order valence-corrected chi connectivity index (χ0v) is 16.6. The monoisotopic (exact) mass is 426 g/mol. The van der Waals surface area contributed by atoms with Crippen LogP contribution in [0.5, 0.6) is 11.8 Å². The Morgan fingerprint density at radius 3 is 2.50 bits per heavy atom. The molecule has 0 fully saturated rings. The third-order valence-electron chi connectivity index (χ3n) is 3.88. The van der Waals surface area contributed by atoms with Crippen molar-refractivity contribution in [1.82, 2.24) is 29.7 Å². The van der Waals surface area contributed by atoms with Gasteiger partial charge in [0.2, 0.25) is 5.91 Å². The van der Waals surface area contributed by atoms with E-state index in [2.05, 4.69) is 40.6 Å². The van der Waals surface area contributed by atoms with Crippen LogP contribution in [0.1, 0.15) is 12.5 Å². The summed E-state index contributed by atoms with van der Waals surface area (Å²) in [6.45, 7) is 1.37. The molecule has 12 nitrogen and oxygen atoms in total. The lowest BCUT2D eigenvalue weighted by Gasteiger charge is -2.10. The summed E-state index contributed by atoms with van der Waals surface area (Å²) in [5.41, 5.74) is 0.937. The van der Waals surface area contributed by atoms with E-state index in [0.29, 0.717) is 17.1 Å². The number of hydrogen-bond acceptors (Lipinski definition) is 10. The molecule has 1 aromatic carbocycles. The van der Waals surface area contributed by atoms with Crippen molar-refractivity contribution in [1.29, 1.82) is 5.26 Å². The third-order valence-corrected chi connectivity index (χ3v) is 3.88. The second-order valence-corrected chi connectivity index (χ2v) is 6.15. The second-order valence-electron chi connectivity index (χ2n) is 6.15. The Morgan fingerprint density at radius 2 is 1.81 bits per heavy atom. The van der Waals surface area contributed by atoms with Gasteiger partial charge >= 0.3 is 6.01 Å². The maximum atomic E-state index is 11.6. The summed E-state index contributed by atoms with van der Waals surface area (Å²) in [5.74, 6) is 0.432. The highest BCUT2D eigenvalue weighted by Crippen LogP contribution is 2.33. The number of carbonyl (C=O) groups excluding carboxylic acids is 1. The summed E-state index contributed by atoms with van der Waals surface area (Å²) in [6.07, 6.45) is 7.52. The van der Waals surface area contributed by atoms with E-state index in [1.54, 1.807) is 42.7 Å². The number of benzene rings is 1. The van der Waals surface area contributed by atoms with Gasteiger partial charge in [0.05, 0.1) is 17.6 Å². The SMILES string of the molecule is CC(=O)Nc1cc(N=Nc2c(C#N)cnn2-c2ncccn2)ccc1Oc1ncccn1. The topological polar surface area (TPSA) is 156 Å². The average molecular weight is 426 g/mol. The molecule has 0 aliphatic rings. The number of aromatic nitrogens is 6. The van der Waals surface area contributed by atoms with Crippen molar-refractivity contribution in [2.45, 2.75) is 6.92 Å². The summed E-state index contributed by atoms with van der Waals surface area (Å²) < 4.78 is 6.95. The molecule has 0 aliphatic carbocycles. The number of rotatable bonds is 6. The van der Waals surface area contributed by atoms with Gasteiger partial charge in [0.25, 0.3) is 5.95 Å². The second kappa shape index (κ2) is 9.18. The lowest BCUT2D eigenvalue weighted by Crippen LogP contribution is -2.07. The molecular formula is C20H14N10O2. The minimum atomic E-state index is -0.302. The number of ether oxygens (including phenoxy) is 1. The Kier molecular flexibility index (Phi) is 5.80. The van der Waals surface area contributed by atoms with E-state index in [0.717, 1.165) is 0 Å². The van der Waals surface area contributed by atoms with Crippen LogP contribution >= 0.6 is 0 Å². The first-order chi connectivity index (χ1) is 15.6. The Bertz CT molecular complexity index is 1310. The van der Waals surface area contributed by atoms with Gasteiger partial charge in [-0.1, -0.05) is 0 Å². The summed E-state index contributed by atoms with van der Waals surface area (Å²) in [4.78, 5) is 27.9. The molecule has 4 aromatic rings. The quantitative estimate of drug-likeness (QED) is 0.459. The fourth-order valence-corrected chi connectivity index (χ4v) is 2.56. The maximum Gasteiger partial charge on any atom is 0.321 e. The Morgan fingerprint density at radius 1 is 1.09 bits per heavy atom. The van der Waals surface area contributed by atoms with E-state index in [1.165, 1.54) is 30.2 Å². The van der Waals surface area contributed by atoms with Crippen molar-refractivity contribution < 1.29 is 9.53 Å². The van der Waals surface area contributed by atoms with Crippen molar-refractivity contribution in [2.75, 3.05) is 5.32 Å². The summed E-state index contributed by atoms with van der Waals surface area (Å²) >= 11 is 0. The van der Waals surface area contributed by atoms with Gasteiger partial charge in [0.1, 0.15) is 11.6 Å². The Hall–Kier alpha value is -5.05. The predicted octanol–water partition coefficient (Wildman–Crippen LogP) is 3.49. The molecule has 0 spiro atoms. The molecule has 0 saturated carbocycles. The van der Waals surface area contributed by atoms with Crippen LogP contribution in [0, 0.1) is 11.3 Å². The summed E-state index contributed by atoms with van der Waals surface area (Å²) in [5, 5.41) is 24.5. The van der Waals surface area contributed by atoms with Crippen molar-refractivity contribution in [3.8, 4) is 23.8 Å². The van der Waals surface area contributed by atoms with Crippen LogP contribution in [0.4, 0.5) is 17.2 Å². The highest BCUT2D eigenvalue weighted by Gasteiger charge is 2.14. The molecule has 1 amide bonds. The number of nitrogens with zero attached hydrogens (tertiary/aromatic N) is 9. The first-order valence-corrected chi connectivity index (χ1v) is 9.18. The van der Waals surface area contributed by atoms with Crippen LogP contribution in [-0.2, 0) is 4.79 Å². The third kappa shape index (κ3) is 4.57. The van der Waals surface area contributed by atoms with E-state index < -0.39 is 0 Å². The molecule has 156 valence electrons. The molecule has 1 N–H and O–H groups in total. The number of hydrogen-bond donors (Lipinski definition) is 1. The number of nitrogens with one attached hydrogen (secondary N) is 1. The molecule has 0 saturated heterocycles. The first kappa shape index (κ1) is 20.2. The number of azo groups is 1. The number of carbonyl (C=O) groups is 1. The zero-order valence-electron chi connectivity index (χ0n) is 16.6. The highest BCUT2D eigenvalue weighted by molar-refractivity contribution is 5.91. The van der Waals surface area contributed by atoms with E-state index in [1.807, 2.05) is 6.07 Å². The van der Waals surface area contributed by atoms with Gasteiger partial charge in [0, 0.05) is 31.7 Å². The van der Waals surface area contributed by atoms with Gasteiger partial charge in [-0.25, -0.2) is 19.9 Å². The molecule has 0 bridgehead atoms. The molecule has 3 aromatic heterocycles. The van der Waals surface area contributed by atoms with Crippen LogP contribution in [0.15, 0.2) is 71.5 Å². The molecule has 0 atom stereocenters. The number of nitriles is 1. The molecule has 3 heterocycles. The molecule has 0 unspecified atom stereocenters. The Balaban J connectivity index is 1.67. The van der Waals surface area contributed by atoms with Crippen LogP contribution in [0.25, 0.3) is 5.95 Å². The van der Waals surface area contributed by atoms with Crippen LogP contribution in [0.3, 0.4) is 0 Å². The standard InChI is InChI=1S/C20H14N10O2/c1-13(31)27-16-10-15(4-5-17(16)32-20-24-8-3-9-25-20)28-29-18-14(11-21)12-26-30(18)19-22-6-2-7-23-19/h2-10,12H,1H3,(H,27,31). The zero-order chi connectivity index (χ0) is 22.3. The average Bonchev–Trinajstić information content (AvgIpc) is 3.23. The fraction of sp³-hybridized carbons (Fsp3) is 0.0500. The van der Waals surface area contributed by atoms with E-state index in [4.69, 9.17) is 4.74 Å². The number of anilines is 1. The van der Waals surface area contributed by atoms with Gasteiger partial charge in [-0.3, -0.25) is 4.79 Å². The maximum absolute atomic E-state index is 11.6. The van der Waals surface area contributed by atoms with Gasteiger partial charge < -0.3 is 10.1 Å². The van der Waals surface area contributed by atoms with Gasteiger partial charge in [-0.2, -0.15) is 15.0 Å². The van der Waals surface area contributed by atoms with Crippen LogP contribution in [0.2, 0.25) is 0 Å². The van der Waals surface area contributed by atoms with Crippen molar-refractivity contribution in [3.63, 3.8) is 0 Å². The predicted molar refractivity (Wildman–Crippen MR) is 111 cm³/mol.